The van der Waals surface area contributed by atoms with Crippen LogP contribution >= 0.6 is 0 Å². The van der Waals surface area contributed by atoms with Crippen LogP contribution in [0.4, 0.5) is 26.1 Å². The maximum Gasteiger partial charge on any atom is 0.149 e. The van der Waals surface area contributed by atoms with Gasteiger partial charge in [0, 0.05) is 18.6 Å². The van der Waals surface area contributed by atoms with E-state index >= 15 is 0 Å². The minimum Gasteiger partial charge on any atom is -0.384 e. The summed E-state index contributed by atoms with van der Waals surface area (Å²) < 4.78 is 26.3. The molecule has 2 aromatic rings. The van der Waals surface area contributed by atoms with E-state index in [4.69, 9.17) is 5.73 Å². The summed E-state index contributed by atoms with van der Waals surface area (Å²) in [5.74, 6) is -0.0244. The fourth-order valence-electron chi connectivity index (χ4n) is 1.65. The summed E-state index contributed by atoms with van der Waals surface area (Å²) in [5, 5.41) is 2.77. The van der Waals surface area contributed by atoms with E-state index in [-0.39, 0.29) is 5.69 Å². The number of nitrogen functional groups attached to an aromatic ring is 1. The Labute approximate surface area is 109 Å². The van der Waals surface area contributed by atoms with Crippen molar-refractivity contribution < 1.29 is 8.78 Å². The van der Waals surface area contributed by atoms with Crippen molar-refractivity contribution in [1.29, 1.82) is 0 Å². The van der Waals surface area contributed by atoms with Crippen molar-refractivity contribution in [3.8, 4) is 0 Å². The molecule has 19 heavy (non-hydrogen) atoms. The van der Waals surface area contributed by atoms with Crippen molar-refractivity contribution in [3.05, 3.63) is 41.7 Å². The molecule has 0 saturated carbocycles. The van der Waals surface area contributed by atoms with Crippen molar-refractivity contribution in [3.63, 3.8) is 0 Å². The molecule has 2 rings (SSSR count). The van der Waals surface area contributed by atoms with Crippen LogP contribution in [-0.4, -0.2) is 9.97 Å². The summed E-state index contributed by atoms with van der Waals surface area (Å²) >= 11 is 0. The third-order valence-corrected chi connectivity index (χ3v) is 2.46. The van der Waals surface area contributed by atoms with Crippen LogP contribution in [0.1, 0.15) is 19.2 Å². The van der Waals surface area contributed by atoms with Gasteiger partial charge in [-0.05, 0) is 18.6 Å². The molecule has 0 aliphatic heterocycles. The van der Waals surface area contributed by atoms with Gasteiger partial charge in [-0.25, -0.2) is 18.7 Å². The minimum atomic E-state index is -0.686. The van der Waals surface area contributed by atoms with Crippen molar-refractivity contribution in [1.82, 2.24) is 9.97 Å². The van der Waals surface area contributed by atoms with Crippen molar-refractivity contribution in [2.45, 2.75) is 19.8 Å². The summed E-state index contributed by atoms with van der Waals surface area (Å²) in [6.07, 6.45) is 1.57. The van der Waals surface area contributed by atoms with Gasteiger partial charge in [0.05, 0.1) is 5.69 Å². The van der Waals surface area contributed by atoms with Gasteiger partial charge in [0.15, 0.2) is 0 Å². The molecule has 0 radical (unpaired) electrons. The average molecular weight is 264 g/mol. The van der Waals surface area contributed by atoms with E-state index in [0.717, 1.165) is 12.5 Å². The minimum absolute atomic E-state index is 0.141. The van der Waals surface area contributed by atoms with Crippen molar-refractivity contribution >= 4 is 17.3 Å². The number of benzene rings is 1. The molecule has 1 aromatic heterocycles. The Balaban J connectivity index is 2.27. The Hall–Kier alpha value is -2.24. The van der Waals surface area contributed by atoms with Crippen LogP contribution in [0.2, 0.25) is 0 Å². The molecule has 1 heterocycles. The summed E-state index contributed by atoms with van der Waals surface area (Å²) in [6, 6.07) is 4.78. The van der Waals surface area contributed by atoms with Gasteiger partial charge in [0.25, 0.3) is 0 Å². The normalized spacial score (nSPS) is 10.5. The Morgan fingerprint density at radius 2 is 2.00 bits per heavy atom. The molecule has 0 fully saturated rings. The molecule has 3 N–H and O–H groups in total. The molecule has 0 unspecified atom stereocenters. The first-order valence-corrected chi connectivity index (χ1v) is 5.94. The van der Waals surface area contributed by atoms with Crippen LogP contribution in [0, 0.1) is 11.6 Å². The van der Waals surface area contributed by atoms with E-state index in [1.54, 1.807) is 0 Å². The van der Waals surface area contributed by atoms with Crippen molar-refractivity contribution in [2.24, 2.45) is 0 Å². The number of aryl methyl sites for hydroxylation is 1. The Morgan fingerprint density at radius 3 is 2.68 bits per heavy atom. The maximum absolute atomic E-state index is 13.5. The average Bonchev–Trinajstić information content (AvgIpc) is 2.32. The monoisotopic (exact) mass is 264 g/mol. The van der Waals surface area contributed by atoms with Gasteiger partial charge in [0.1, 0.15) is 29.1 Å². The zero-order valence-corrected chi connectivity index (χ0v) is 10.5. The van der Waals surface area contributed by atoms with Gasteiger partial charge in [-0.2, -0.15) is 0 Å². The summed E-state index contributed by atoms with van der Waals surface area (Å²) in [5.41, 5.74) is 5.80. The molecule has 0 spiro atoms. The molecule has 100 valence electrons. The highest BCUT2D eigenvalue weighted by molar-refractivity contribution is 5.59. The molecule has 1 aromatic carbocycles. The lowest BCUT2D eigenvalue weighted by atomic mass is 10.3. The number of nitrogens with two attached hydrogens (primary N) is 1. The summed E-state index contributed by atoms with van der Waals surface area (Å²) in [7, 11) is 0. The largest absolute Gasteiger partial charge is 0.384 e. The number of rotatable bonds is 4. The number of anilines is 3. The van der Waals surface area contributed by atoms with Crippen LogP contribution in [0.5, 0.6) is 0 Å². The fourth-order valence-corrected chi connectivity index (χ4v) is 1.65. The summed E-state index contributed by atoms with van der Waals surface area (Å²) in [6.45, 7) is 2.00. The maximum atomic E-state index is 13.5. The number of nitrogens with zero attached hydrogens (tertiary/aromatic N) is 2. The fraction of sp³-hybridized carbons (Fsp3) is 0.231. The van der Waals surface area contributed by atoms with E-state index in [0.29, 0.717) is 23.9 Å². The van der Waals surface area contributed by atoms with E-state index < -0.39 is 11.6 Å². The van der Waals surface area contributed by atoms with Crippen LogP contribution in [0.25, 0.3) is 0 Å². The topological polar surface area (TPSA) is 63.8 Å². The molecular weight excluding hydrogens is 250 g/mol. The Morgan fingerprint density at radius 1 is 1.21 bits per heavy atom. The van der Waals surface area contributed by atoms with Crippen LogP contribution in [0.3, 0.4) is 0 Å². The quantitative estimate of drug-likeness (QED) is 0.891. The lowest BCUT2D eigenvalue weighted by molar-refractivity contribution is 0.586. The number of halogens is 2. The van der Waals surface area contributed by atoms with Gasteiger partial charge >= 0.3 is 0 Å². The molecule has 0 amide bonds. The zero-order valence-electron chi connectivity index (χ0n) is 10.5. The highest BCUT2D eigenvalue weighted by atomic mass is 19.1. The molecular formula is C13H14F2N4. The zero-order chi connectivity index (χ0) is 13.8. The van der Waals surface area contributed by atoms with E-state index in [2.05, 4.69) is 15.3 Å². The first kappa shape index (κ1) is 13.2. The standard InChI is InChI=1S/C13H14F2N4/c1-2-3-12-18-11(16)7-13(19-12)17-10-5-4-8(14)6-9(10)15/h4-7H,2-3H2,1H3,(H3,16,17,18,19). The van der Waals surface area contributed by atoms with Gasteiger partial charge in [0.2, 0.25) is 0 Å². The number of hydrogen-bond acceptors (Lipinski definition) is 4. The molecule has 0 saturated heterocycles. The third-order valence-electron chi connectivity index (χ3n) is 2.46. The molecule has 0 bridgehead atoms. The van der Waals surface area contributed by atoms with Gasteiger partial charge in [-0.15, -0.1) is 0 Å². The number of nitrogens with one attached hydrogen (secondary N) is 1. The van der Waals surface area contributed by atoms with E-state index in [9.17, 15) is 8.78 Å². The molecule has 6 heteroatoms. The Kier molecular flexibility index (Phi) is 3.89. The highest BCUT2D eigenvalue weighted by Crippen LogP contribution is 2.20. The lowest BCUT2D eigenvalue weighted by Crippen LogP contribution is -2.04. The highest BCUT2D eigenvalue weighted by Gasteiger charge is 2.07. The first-order valence-electron chi connectivity index (χ1n) is 5.94. The predicted octanol–water partition coefficient (Wildman–Crippen LogP) is 3.03. The van der Waals surface area contributed by atoms with Gasteiger partial charge < -0.3 is 11.1 Å². The Bertz CT molecular complexity index is 587. The van der Waals surface area contributed by atoms with Crippen LogP contribution in [0.15, 0.2) is 24.3 Å². The molecule has 0 aliphatic rings. The SMILES string of the molecule is CCCc1nc(N)cc(Nc2ccc(F)cc2F)n1. The second-order valence-electron chi connectivity index (χ2n) is 4.09. The molecule has 0 atom stereocenters. The van der Waals surface area contributed by atoms with Crippen molar-refractivity contribution in [2.75, 3.05) is 11.1 Å². The number of hydrogen-bond donors (Lipinski definition) is 2. The molecule has 0 aliphatic carbocycles. The number of aromatic nitrogens is 2. The third kappa shape index (κ3) is 3.37. The van der Waals surface area contributed by atoms with E-state index in [1.165, 1.54) is 18.2 Å². The molecule has 4 nitrogen and oxygen atoms in total. The van der Waals surface area contributed by atoms with Crippen LogP contribution in [-0.2, 0) is 6.42 Å². The van der Waals surface area contributed by atoms with Gasteiger partial charge in [-0.1, -0.05) is 6.92 Å². The summed E-state index contributed by atoms with van der Waals surface area (Å²) in [4.78, 5) is 8.29. The van der Waals surface area contributed by atoms with E-state index in [1.807, 2.05) is 6.92 Å². The second kappa shape index (κ2) is 5.60. The lowest BCUT2D eigenvalue weighted by Gasteiger charge is -2.09. The second-order valence-corrected chi connectivity index (χ2v) is 4.09. The smallest absolute Gasteiger partial charge is 0.149 e. The first-order chi connectivity index (χ1) is 9.08. The predicted molar refractivity (Wildman–Crippen MR) is 70.1 cm³/mol. The van der Waals surface area contributed by atoms with Gasteiger partial charge in [-0.3, -0.25) is 0 Å². The van der Waals surface area contributed by atoms with Crippen LogP contribution < -0.4 is 11.1 Å².